The highest BCUT2D eigenvalue weighted by Crippen LogP contribution is 2.51. The van der Waals surface area contributed by atoms with Gasteiger partial charge in [0.1, 0.15) is 23.2 Å². The Morgan fingerprint density at radius 2 is 1.53 bits per heavy atom. The number of H-pyrrole nitrogens is 1. The maximum absolute atomic E-state index is 12.8. The first-order valence-electron chi connectivity index (χ1n) is 14.1. The van der Waals surface area contributed by atoms with E-state index in [1.807, 2.05) is 78.9 Å². The minimum Gasteiger partial charge on any atom is -0.497 e. The van der Waals surface area contributed by atoms with Crippen LogP contribution in [0, 0.1) is 6.92 Å². The number of aryl methyl sites for hydroxylation is 1. The van der Waals surface area contributed by atoms with Gasteiger partial charge in [0, 0.05) is 16.3 Å². The van der Waals surface area contributed by atoms with Crippen molar-refractivity contribution in [2.45, 2.75) is 36.6 Å². The molecule has 13 heteroatoms. The Labute approximate surface area is 259 Å². The number of hydrogen-bond acceptors (Lipinski definition) is 9. The molecule has 12 nitrogen and oxygen atoms in total. The van der Waals surface area contributed by atoms with E-state index in [1.165, 1.54) is 10.8 Å². The van der Waals surface area contributed by atoms with Gasteiger partial charge in [-0.3, -0.25) is 14.3 Å². The summed E-state index contributed by atoms with van der Waals surface area (Å²) in [4.78, 5) is 37.0. The standard InChI is InChI=1S/C32H31N2O10P/c1-20-17-34(30(36)33-28(20)35)29-26-27(44-45(37)38)31(43-29,18-41-26)19-42-32(21-7-5-4-6-8-21,22-9-13-24(39-2)14-10-22)23-11-15-25(40-3)16-12-23/h4-17,26-27,29H,18-19H2,1-3H3,(H-,33,35,36,37,38)/p+1/t26-,27?,29-,31+/m1/s1. The highest BCUT2D eigenvalue weighted by atomic mass is 31.1. The summed E-state index contributed by atoms with van der Waals surface area (Å²) in [6, 6.07) is 24.6. The molecule has 2 aliphatic heterocycles. The topological polar surface area (TPSA) is 148 Å². The van der Waals surface area contributed by atoms with Crippen molar-refractivity contribution in [3.05, 3.63) is 128 Å². The predicted octanol–water partition coefficient (Wildman–Crippen LogP) is 3.57. The van der Waals surface area contributed by atoms with Crippen LogP contribution in [0.25, 0.3) is 0 Å². The third kappa shape index (κ3) is 5.50. The van der Waals surface area contributed by atoms with E-state index in [-0.39, 0.29) is 18.8 Å². The van der Waals surface area contributed by atoms with Gasteiger partial charge in [-0.25, -0.2) is 4.79 Å². The van der Waals surface area contributed by atoms with E-state index in [0.29, 0.717) is 11.5 Å². The zero-order chi connectivity index (χ0) is 31.8. The molecule has 45 heavy (non-hydrogen) atoms. The number of rotatable bonds is 11. The summed E-state index contributed by atoms with van der Waals surface area (Å²) in [6.45, 7) is 1.32. The fourth-order valence-corrected chi connectivity index (χ4v) is 6.56. The molecule has 2 aliphatic rings. The Morgan fingerprint density at radius 1 is 0.956 bits per heavy atom. The normalized spacial score (nSPS) is 22.8. The van der Waals surface area contributed by atoms with Crippen LogP contribution in [0.2, 0.25) is 0 Å². The van der Waals surface area contributed by atoms with Gasteiger partial charge < -0.3 is 23.7 Å². The molecule has 6 rings (SSSR count). The molecule has 2 bridgehead atoms. The quantitative estimate of drug-likeness (QED) is 0.185. The number of aromatic amines is 1. The van der Waals surface area contributed by atoms with Crippen LogP contribution in [-0.2, 0) is 28.9 Å². The van der Waals surface area contributed by atoms with Crippen LogP contribution < -0.4 is 20.7 Å². The predicted molar refractivity (Wildman–Crippen MR) is 162 cm³/mol. The smallest absolute Gasteiger partial charge is 0.497 e. The zero-order valence-corrected chi connectivity index (χ0v) is 25.6. The monoisotopic (exact) mass is 635 g/mol. The fraction of sp³-hybridized carbons (Fsp3) is 0.312. The Kier molecular flexibility index (Phi) is 8.45. The van der Waals surface area contributed by atoms with Gasteiger partial charge in [0.05, 0.1) is 27.4 Å². The van der Waals surface area contributed by atoms with E-state index in [1.54, 1.807) is 21.1 Å². The van der Waals surface area contributed by atoms with Gasteiger partial charge in [0.2, 0.25) is 0 Å². The molecule has 2 saturated heterocycles. The van der Waals surface area contributed by atoms with E-state index in [2.05, 4.69) is 4.98 Å². The van der Waals surface area contributed by atoms with Gasteiger partial charge in [-0.1, -0.05) is 54.6 Å². The number of hydrogen-bond donors (Lipinski definition) is 2. The number of aromatic nitrogens is 2. The number of fused-ring (bicyclic) bond motifs is 2. The van der Waals surface area contributed by atoms with Crippen molar-refractivity contribution in [1.29, 1.82) is 0 Å². The highest BCUT2D eigenvalue weighted by molar-refractivity contribution is 7.32. The van der Waals surface area contributed by atoms with Gasteiger partial charge in [-0.15, -0.1) is 9.42 Å². The number of ether oxygens (including phenoxy) is 5. The second-order valence-electron chi connectivity index (χ2n) is 10.9. The average molecular weight is 636 g/mol. The molecular formula is C32H32N2O10P+. The number of benzene rings is 3. The first-order chi connectivity index (χ1) is 21.7. The van der Waals surface area contributed by atoms with Crippen LogP contribution >= 0.6 is 8.25 Å². The van der Waals surface area contributed by atoms with Crippen molar-refractivity contribution in [1.82, 2.24) is 9.55 Å². The number of nitrogens with zero attached hydrogens (tertiary/aromatic N) is 1. The maximum atomic E-state index is 12.8. The van der Waals surface area contributed by atoms with Crippen LogP contribution in [0.5, 0.6) is 11.5 Å². The van der Waals surface area contributed by atoms with E-state index in [4.69, 9.17) is 28.2 Å². The van der Waals surface area contributed by atoms with Gasteiger partial charge in [-0.05, 0) is 47.9 Å². The Hall–Kier alpha value is -4.16. The summed E-state index contributed by atoms with van der Waals surface area (Å²) in [5.41, 5.74) is -1.30. The van der Waals surface area contributed by atoms with E-state index < -0.39 is 49.1 Å². The molecule has 0 aliphatic carbocycles. The Bertz CT molecular complexity index is 1740. The van der Waals surface area contributed by atoms with Crippen molar-refractivity contribution in [2.75, 3.05) is 27.4 Å². The second kappa shape index (κ2) is 12.3. The Balaban J connectivity index is 1.47. The lowest BCUT2D eigenvalue weighted by atomic mass is 9.79. The molecule has 0 saturated carbocycles. The molecule has 234 valence electrons. The minimum atomic E-state index is -3.08. The van der Waals surface area contributed by atoms with Crippen LogP contribution in [0.15, 0.2) is 94.6 Å². The van der Waals surface area contributed by atoms with Crippen LogP contribution in [0.1, 0.15) is 28.5 Å². The van der Waals surface area contributed by atoms with Crippen molar-refractivity contribution in [3.63, 3.8) is 0 Å². The fourth-order valence-electron chi connectivity index (χ4n) is 6.05. The van der Waals surface area contributed by atoms with Gasteiger partial charge >= 0.3 is 13.9 Å². The largest absolute Gasteiger partial charge is 0.695 e. The molecule has 3 aromatic carbocycles. The van der Waals surface area contributed by atoms with E-state index in [0.717, 1.165) is 16.7 Å². The lowest BCUT2D eigenvalue weighted by Crippen LogP contribution is -2.49. The second-order valence-corrected chi connectivity index (χ2v) is 11.6. The summed E-state index contributed by atoms with van der Waals surface area (Å²) in [5.74, 6) is 1.31. The molecule has 4 aromatic rings. The summed E-state index contributed by atoms with van der Waals surface area (Å²) in [7, 11) is 0.0914. The third-order valence-electron chi connectivity index (χ3n) is 8.30. The summed E-state index contributed by atoms with van der Waals surface area (Å²) < 4.78 is 49.1. The summed E-state index contributed by atoms with van der Waals surface area (Å²) >= 11 is 0. The molecule has 2 unspecified atom stereocenters. The molecule has 0 radical (unpaired) electrons. The molecule has 2 N–H and O–H groups in total. The zero-order valence-electron chi connectivity index (χ0n) is 24.7. The van der Waals surface area contributed by atoms with Crippen LogP contribution in [0.4, 0.5) is 0 Å². The molecule has 0 amide bonds. The van der Waals surface area contributed by atoms with Crippen molar-refractivity contribution < 1.29 is 37.7 Å². The number of methoxy groups -OCH3 is 2. The summed E-state index contributed by atoms with van der Waals surface area (Å²) in [5, 5.41) is 0. The minimum absolute atomic E-state index is 0.0464. The lowest BCUT2D eigenvalue weighted by molar-refractivity contribution is -0.203. The maximum Gasteiger partial charge on any atom is 0.695 e. The molecule has 3 heterocycles. The average Bonchev–Trinajstić information content (AvgIpc) is 3.54. The molecule has 1 aromatic heterocycles. The van der Waals surface area contributed by atoms with Gasteiger partial charge in [0.15, 0.2) is 17.9 Å². The van der Waals surface area contributed by atoms with Crippen molar-refractivity contribution in [2.24, 2.45) is 0 Å². The van der Waals surface area contributed by atoms with Gasteiger partial charge in [0.25, 0.3) is 5.56 Å². The number of nitrogens with one attached hydrogen (secondary N) is 1. The van der Waals surface area contributed by atoms with Crippen LogP contribution in [0.3, 0.4) is 0 Å². The van der Waals surface area contributed by atoms with Crippen molar-refractivity contribution >= 4 is 8.25 Å². The van der Waals surface area contributed by atoms with Gasteiger partial charge in [-0.2, -0.15) is 0 Å². The summed E-state index contributed by atoms with van der Waals surface area (Å²) in [6.07, 6.45) is -1.74. The molecule has 0 spiro atoms. The first-order valence-corrected chi connectivity index (χ1v) is 15.3. The van der Waals surface area contributed by atoms with E-state index in [9.17, 15) is 19.0 Å². The molecule has 2 fully saturated rings. The molecular weight excluding hydrogens is 603 g/mol. The van der Waals surface area contributed by atoms with E-state index >= 15 is 0 Å². The van der Waals surface area contributed by atoms with Crippen LogP contribution in [-0.4, -0.2) is 59.7 Å². The SMILES string of the molecule is COc1ccc(C(OC[C@@]23CO[C@H](C2O[P+](=O)O)[C@H](n2cc(C)c(=O)[nH]c2=O)O3)(c2ccccc2)c2ccc(OC)cc2)cc1. The first kappa shape index (κ1) is 30.8. The van der Waals surface area contributed by atoms with Crippen molar-refractivity contribution in [3.8, 4) is 11.5 Å². The Morgan fingerprint density at radius 3 is 2.09 bits per heavy atom. The highest BCUT2D eigenvalue weighted by Gasteiger charge is 2.67. The molecule has 5 atom stereocenters. The third-order valence-corrected chi connectivity index (χ3v) is 8.71. The lowest BCUT2D eigenvalue weighted by Gasteiger charge is -2.39.